The molecule has 0 aliphatic heterocycles. The van der Waals surface area contributed by atoms with Gasteiger partial charge in [0.2, 0.25) is 16.0 Å². The first-order valence-corrected chi connectivity index (χ1v) is 11.2. The number of primary sulfonamides is 1. The first-order valence-electron chi connectivity index (χ1n) is 9.66. The molecule has 1 atom stereocenters. The molecule has 2 heterocycles. The normalized spacial score (nSPS) is 15.5. The van der Waals surface area contributed by atoms with Gasteiger partial charge >= 0.3 is 6.18 Å². The number of hydrogen-bond acceptors (Lipinski definition) is 7. The van der Waals surface area contributed by atoms with Gasteiger partial charge in [-0.2, -0.15) is 18.3 Å². The molecule has 1 aliphatic carbocycles. The summed E-state index contributed by atoms with van der Waals surface area (Å²) in [5.74, 6) is -1.21. The molecule has 9 nitrogen and oxygen atoms in total. The first-order chi connectivity index (χ1) is 15.4. The van der Waals surface area contributed by atoms with E-state index in [1.54, 1.807) is 0 Å². The van der Waals surface area contributed by atoms with Gasteiger partial charge in [0.1, 0.15) is 11.4 Å². The third kappa shape index (κ3) is 5.29. The van der Waals surface area contributed by atoms with Gasteiger partial charge in [0, 0.05) is 18.0 Å². The lowest BCUT2D eigenvalue weighted by molar-refractivity contribution is -0.137. The summed E-state index contributed by atoms with van der Waals surface area (Å²) < 4.78 is 78.9. The van der Waals surface area contributed by atoms with E-state index in [1.165, 1.54) is 17.1 Å². The number of aromatic nitrogens is 4. The average Bonchev–Trinajstić information content (AvgIpc) is 3.47. The van der Waals surface area contributed by atoms with Gasteiger partial charge in [-0.15, -0.1) is 0 Å². The van der Waals surface area contributed by atoms with E-state index in [0.717, 1.165) is 25.0 Å². The second-order valence-corrected chi connectivity index (χ2v) is 9.18. The Morgan fingerprint density at radius 3 is 2.61 bits per heavy atom. The van der Waals surface area contributed by atoms with Crippen LogP contribution < -0.4 is 10.5 Å². The van der Waals surface area contributed by atoms with Crippen molar-refractivity contribution >= 4 is 21.7 Å². The van der Waals surface area contributed by atoms with E-state index >= 15 is 0 Å². The molecule has 4 N–H and O–H groups in total. The van der Waals surface area contributed by atoms with Crippen molar-refractivity contribution < 1.29 is 31.1 Å². The van der Waals surface area contributed by atoms with E-state index in [0.29, 0.717) is 12.3 Å². The molecule has 1 unspecified atom stereocenters. The fourth-order valence-electron chi connectivity index (χ4n) is 3.17. The van der Waals surface area contributed by atoms with Crippen molar-refractivity contribution in [3.63, 3.8) is 0 Å². The van der Waals surface area contributed by atoms with Crippen LogP contribution in [0.25, 0.3) is 11.3 Å². The van der Waals surface area contributed by atoms with Crippen LogP contribution in [0.2, 0.25) is 0 Å². The molecule has 176 valence electrons. The highest BCUT2D eigenvalue weighted by Crippen LogP contribution is 2.37. The van der Waals surface area contributed by atoms with Crippen molar-refractivity contribution in [2.45, 2.75) is 36.6 Å². The van der Waals surface area contributed by atoms with Crippen molar-refractivity contribution in [3.05, 3.63) is 48.2 Å². The molecule has 0 bridgehead atoms. The molecule has 0 amide bonds. The molecule has 0 radical (unpaired) electrons. The highest BCUT2D eigenvalue weighted by molar-refractivity contribution is 7.89. The van der Waals surface area contributed by atoms with Crippen molar-refractivity contribution in [1.29, 1.82) is 0 Å². The maximum absolute atomic E-state index is 14.3. The number of alkyl halides is 3. The molecule has 1 fully saturated rings. The van der Waals surface area contributed by atoms with Crippen LogP contribution in [-0.2, 0) is 22.7 Å². The van der Waals surface area contributed by atoms with E-state index in [1.807, 2.05) is 0 Å². The quantitative estimate of drug-likeness (QED) is 0.437. The molecule has 1 aromatic carbocycles. The molecule has 2 aromatic heterocycles. The number of hydrogen-bond donors (Lipinski definition) is 3. The third-order valence-corrected chi connectivity index (χ3v) is 5.97. The van der Waals surface area contributed by atoms with E-state index in [9.17, 15) is 31.1 Å². The largest absolute Gasteiger partial charge is 0.419 e. The van der Waals surface area contributed by atoms with Crippen LogP contribution in [0.4, 0.5) is 29.2 Å². The maximum Gasteiger partial charge on any atom is 0.419 e. The number of nitrogens with two attached hydrogens (primary N) is 1. The molecule has 0 spiro atoms. The Kier molecular flexibility index (Phi) is 5.84. The van der Waals surface area contributed by atoms with Gasteiger partial charge in [0.05, 0.1) is 35.1 Å². The predicted octanol–water partition coefficient (Wildman–Crippen LogP) is 2.66. The van der Waals surface area contributed by atoms with Crippen LogP contribution in [0.3, 0.4) is 0 Å². The molecule has 0 saturated heterocycles. The topological polar surface area (TPSA) is 136 Å². The van der Waals surface area contributed by atoms with Gasteiger partial charge < -0.3 is 10.4 Å². The summed E-state index contributed by atoms with van der Waals surface area (Å²) in [6, 6.07) is 2.74. The summed E-state index contributed by atoms with van der Waals surface area (Å²) in [5, 5.41) is 21.4. The Labute approximate surface area is 185 Å². The van der Waals surface area contributed by atoms with Crippen LogP contribution >= 0.6 is 0 Å². The molecule has 14 heteroatoms. The Morgan fingerprint density at radius 2 is 2.00 bits per heavy atom. The zero-order valence-corrected chi connectivity index (χ0v) is 17.6. The Hall–Kier alpha value is -3.10. The number of halogens is 4. The number of sulfonamides is 1. The lowest BCUT2D eigenvalue weighted by Gasteiger charge is -2.13. The standard InChI is InChI=1S/C19H18F4N6O3S/c20-14-5-12(33(24,31)32)3-4-15(14)27-18-25-7-13(19(21,22)23)17(28-18)11-6-26-29(8-11)9-16(30)10-1-2-10/h3-8,10,16,30H,1-2,9H2,(H2,24,31,32)(H,25,27,28). The molecular formula is C19H18F4N6O3S. The molecule has 3 aromatic rings. The molecule has 4 rings (SSSR count). The first kappa shape index (κ1) is 23.1. The predicted molar refractivity (Wildman–Crippen MR) is 108 cm³/mol. The van der Waals surface area contributed by atoms with Crippen LogP contribution in [0.1, 0.15) is 18.4 Å². The van der Waals surface area contributed by atoms with Gasteiger partial charge in [-0.25, -0.2) is 27.9 Å². The van der Waals surface area contributed by atoms with Gasteiger partial charge in [0.25, 0.3) is 0 Å². The summed E-state index contributed by atoms with van der Waals surface area (Å²) in [6.07, 6.45) is -0.571. The highest BCUT2D eigenvalue weighted by Gasteiger charge is 2.36. The number of rotatable bonds is 7. The summed E-state index contributed by atoms with van der Waals surface area (Å²) in [5.41, 5.74) is -1.86. The Bertz CT molecular complexity index is 1290. The summed E-state index contributed by atoms with van der Waals surface area (Å²) >= 11 is 0. The van der Waals surface area contributed by atoms with Crippen molar-refractivity contribution in [1.82, 2.24) is 19.7 Å². The van der Waals surface area contributed by atoms with Crippen LogP contribution in [-0.4, -0.2) is 39.4 Å². The van der Waals surface area contributed by atoms with Crippen LogP contribution in [0.5, 0.6) is 0 Å². The average molecular weight is 486 g/mol. The van der Waals surface area contributed by atoms with Gasteiger partial charge in [0.15, 0.2) is 0 Å². The Morgan fingerprint density at radius 1 is 1.27 bits per heavy atom. The monoisotopic (exact) mass is 486 g/mol. The maximum atomic E-state index is 14.3. The number of nitrogens with zero attached hydrogens (tertiary/aromatic N) is 4. The molecule has 33 heavy (non-hydrogen) atoms. The zero-order chi connectivity index (χ0) is 24.0. The number of benzene rings is 1. The minimum Gasteiger partial charge on any atom is -0.391 e. The highest BCUT2D eigenvalue weighted by atomic mass is 32.2. The lowest BCUT2D eigenvalue weighted by Crippen LogP contribution is -2.18. The third-order valence-electron chi connectivity index (χ3n) is 5.06. The number of nitrogens with one attached hydrogen (secondary N) is 1. The van der Waals surface area contributed by atoms with E-state index in [4.69, 9.17) is 5.14 Å². The minimum absolute atomic E-state index is 0.0285. The van der Waals surface area contributed by atoms with E-state index in [2.05, 4.69) is 20.4 Å². The van der Waals surface area contributed by atoms with Gasteiger partial charge in [-0.3, -0.25) is 4.68 Å². The van der Waals surface area contributed by atoms with Crippen molar-refractivity contribution in [3.8, 4) is 11.3 Å². The Balaban J connectivity index is 1.65. The number of aliphatic hydroxyl groups excluding tert-OH is 1. The zero-order valence-electron chi connectivity index (χ0n) is 16.8. The van der Waals surface area contributed by atoms with Crippen molar-refractivity contribution in [2.75, 3.05) is 5.32 Å². The summed E-state index contributed by atoms with van der Waals surface area (Å²) in [7, 11) is -4.14. The van der Waals surface area contributed by atoms with Crippen molar-refractivity contribution in [2.24, 2.45) is 11.1 Å². The van der Waals surface area contributed by atoms with E-state index < -0.39 is 44.3 Å². The van der Waals surface area contributed by atoms with Crippen LogP contribution in [0, 0.1) is 11.7 Å². The molecular weight excluding hydrogens is 468 g/mol. The second-order valence-electron chi connectivity index (χ2n) is 7.62. The fourth-order valence-corrected chi connectivity index (χ4v) is 3.70. The minimum atomic E-state index is -4.77. The summed E-state index contributed by atoms with van der Waals surface area (Å²) in [4.78, 5) is 7.02. The number of anilines is 2. The van der Waals surface area contributed by atoms with E-state index in [-0.39, 0.29) is 29.7 Å². The number of aliphatic hydroxyl groups is 1. The second kappa shape index (κ2) is 8.35. The smallest absolute Gasteiger partial charge is 0.391 e. The van der Waals surface area contributed by atoms with Gasteiger partial charge in [-0.1, -0.05) is 0 Å². The summed E-state index contributed by atoms with van der Waals surface area (Å²) in [6.45, 7) is 0.129. The molecule has 1 aliphatic rings. The lowest BCUT2D eigenvalue weighted by atomic mass is 10.1. The van der Waals surface area contributed by atoms with Gasteiger partial charge in [-0.05, 0) is 37.0 Å². The van der Waals surface area contributed by atoms with Crippen LogP contribution in [0.15, 0.2) is 41.7 Å². The fraction of sp³-hybridized carbons (Fsp3) is 0.316. The molecule has 1 saturated carbocycles. The SMILES string of the molecule is NS(=O)(=O)c1ccc(Nc2ncc(C(F)(F)F)c(-c3cnn(CC(O)C4CC4)c3)n2)c(F)c1.